The van der Waals surface area contributed by atoms with Crippen molar-refractivity contribution in [3.05, 3.63) is 0 Å². The third-order valence-electron chi connectivity index (χ3n) is 2.85. The standard InChI is InChI=1S/C11H22N2O4S/c1-8-6-13(7-9(2)17-8)11(14)10(12)4-5-18(3,15)16/h8-10H,4-7,12H2,1-3H3. The summed E-state index contributed by atoms with van der Waals surface area (Å²) in [5.74, 6) is -0.254. The van der Waals surface area contributed by atoms with E-state index in [2.05, 4.69) is 0 Å². The largest absolute Gasteiger partial charge is 0.372 e. The van der Waals surface area contributed by atoms with Crippen LogP contribution < -0.4 is 5.73 Å². The molecule has 3 atom stereocenters. The summed E-state index contributed by atoms with van der Waals surface area (Å²) >= 11 is 0. The van der Waals surface area contributed by atoms with Crippen LogP contribution in [0.4, 0.5) is 0 Å². The highest BCUT2D eigenvalue weighted by molar-refractivity contribution is 7.90. The molecule has 0 saturated carbocycles. The molecule has 0 aromatic rings. The number of hydrogen-bond donors (Lipinski definition) is 1. The maximum atomic E-state index is 12.1. The second kappa shape index (κ2) is 5.99. The van der Waals surface area contributed by atoms with Gasteiger partial charge in [0.25, 0.3) is 0 Å². The topological polar surface area (TPSA) is 89.7 Å². The highest BCUT2D eigenvalue weighted by Crippen LogP contribution is 2.12. The van der Waals surface area contributed by atoms with Gasteiger partial charge in [-0.15, -0.1) is 0 Å². The first-order valence-corrected chi connectivity index (χ1v) is 8.12. The SMILES string of the molecule is CC1CN(C(=O)C(N)CCS(C)(=O)=O)CC(C)O1. The predicted octanol–water partition coefficient (Wildman–Crippen LogP) is -0.616. The number of ether oxygens (including phenoxy) is 1. The predicted molar refractivity (Wildman–Crippen MR) is 68.9 cm³/mol. The summed E-state index contributed by atoms with van der Waals surface area (Å²) in [7, 11) is -3.08. The zero-order valence-electron chi connectivity index (χ0n) is 11.1. The van der Waals surface area contributed by atoms with Crippen LogP contribution in [0.2, 0.25) is 0 Å². The fraction of sp³-hybridized carbons (Fsp3) is 0.909. The van der Waals surface area contributed by atoms with Crippen LogP contribution in [0.5, 0.6) is 0 Å². The van der Waals surface area contributed by atoms with E-state index in [0.29, 0.717) is 13.1 Å². The molecule has 0 aromatic heterocycles. The van der Waals surface area contributed by atoms with Gasteiger partial charge >= 0.3 is 0 Å². The average Bonchev–Trinajstić information content (AvgIpc) is 2.22. The van der Waals surface area contributed by atoms with Crippen LogP contribution >= 0.6 is 0 Å². The van der Waals surface area contributed by atoms with E-state index in [9.17, 15) is 13.2 Å². The van der Waals surface area contributed by atoms with E-state index in [4.69, 9.17) is 10.5 Å². The number of nitrogens with zero attached hydrogens (tertiary/aromatic N) is 1. The fourth-order valence-electron chi connectivity index (χ4n) is 2.06. The highest BCUT2D eigenvalue weighted by atomic mass is 32.2. The molecule has 0 bridgehead atoms. The summed E-state index contributed by atoms with van der Waals surface area (Å²) in [5, 5.41) is 0. The molecule has 0 radical (unpaired) electrons. The molecule has 1 rings (SSSR count). The summed E-state index contributed by atoms with van der Waals surface area (Å²) in [5.41, 5.74) is 5.75. The summed E-state index contributed by atoms with van der Waals surface area (Å²) < 4.78 is 27.6. The molecular formula is C11H22N2O4S. The van der Waals surface area contributed by atoms with Crippen molar-refractivity contribution in [3.63, 3.8) is 0 Å². The molecule has 1 heterocycles. The number of carbonyl (C=O) groups is 1. The minimum atomic E-state index is -3.08. The normalized spacial score (nSPS) is 27.0. The summed E-state index contributed by atoms with van der Waals surface area (Å²) in [6.45, 7) is 4.82. The molecule has 1 fully saturated rings. The van der Waals surface area contributed by atoms with Crippen molar-refractivity contribution in [1.29, 1.82) is 0 Å². The molecule has 3 unspecified atom stereocenters. The Balaban J connectivity index is 2.52. The molecular weight excluding hydrogens is 256 g/mol. The van der Waals surface area contributed by atoms with Gasteiger partial charge in [-0.05, 0) is 20.3 Å². The van der Waals surface area contributed by atoms with Gasteiger partial charge in [0, 0.05) is 19.3 Å². The average molecular weight is 278 g/mol. The van der Waals surface area contributed by atoms with Crippen LogP contribution in [-0.4, -0.2) is 62.6 Å². The molecule has 0 spiro atoms. The molecule has 1 amide bonds. The Labute approximate surface area is 108 Å². The summed E-state index contributed by atoms with van der Waals surface area (Å²) in [6.07, 6.45) is 1.28. The van der Waals surface area contributed by atoms with E-state index in [1.165, 1.54) is 0 Å². The Kier molecular flexibility index (Phi) is 5.12. The number of hydrogen-bond acceptors (Lipinski definition) is 5. The Hall–Kier alpha value is -0.660. The number of sulfone groups is 1. The molecule has 6 nitrogen and oxygen atoms in total. The Bertz CT molecular complexity index is 386. The molecule has 1 saturated heterocycles. The van der Waals surface area contributed by atoms with Gasteiger partial charge in [-0.3, -0.25) is 4.79 Å². The van der Waals surface area contributed by atoms with E-state index in [1.54, 1.807) is 4.90 Å². The van der Waals surface area contributed by atoms with Crippen LogP contribution in [0.1, 0.15) is 20.3 Å². The summed E-state index contributed by atoms with van der Waals surface area (Å²) in [4.78, 5) is 13.7. The lowest BCUT2D eigenvalue weighted by molar-refractivity contribution is -0.144. The quantitative estimate of drug-likeness (QED) is 0.740. The van der Waals surface area contributed by atoms with Crippen LogP contribution in [0.3, 0.4) is 0 Å². The van der Waals surface area contributed by atoms with Crippen molar-refractivity contribution in [1.82, 2.24) is 4.90 Å². The molecule has 7 heteroatoms. The molecule has 106 valence electrons. The van der Waals surface area contributed by atoms with E-state index >= 15 is 0 Å². The van der Waals surface area contributed by atoms with Gasteiger partial charge < -0.3 is 15.4 Å². The third kappa shape index (κ3) is 4.91. The number of morpholine rings is 1. The number of amides is 1. The molecule has 18 heavy (non-hydrogen) atoms. The van der Waals surface area contributed by atoms with Crippen LogP contribution in [0, 0.1) is 0 Å². The van der Waals surface area contributed by atoms with Gasteiger partial charge in [-0.25, -0.2) is 8.42 Å². The molecule has 0 aromatic carbocycles. The second-order valence-corrected chi connectivity index (χ2v) is 7.29. The van der Waals surface area contributed by atoms with Gasteiger partial charge in [0.1, 0.15) is 9.84 Å². The van der Waals surface area contributed by atoms with E-state index < -0.39 is 15.9 Å². The minimum absolute atomic E-state index is 0.0141. The van der Waals surface area contributed by atoms with Gasteiger partial charge in [-0.2, -0.15) is 0 Å². The second-order valence-electron chi connectivity index (χ2n) is 5.03. The van der Waals surface area contributed by atoms with E-state index in [1.807, 2.05) is 13.8 Å². The Morgan fingerprint density at radius 3 is 2.33 bits per heavy atom. The first-order chi connectivity index (χ1) is 8.19. The molecule has 2 N–H and O–H groups in total. The molecule has 1 aliphatic rings. The lowest BCUT2D eigenvalue weighted by Crippen LogP contribution is -2.53. The molecule has 1 aliphatic heterocycles. The zero-order valence-corrected chi connectivity index (χ0v) is 11.9. The highest BCUT2D eigenvalue weighted by Gasteiger charge is 2.29. The first-order valence-electron chi connectivity index (χ1n) is 6.06. The van der Waals surface area contributed by atoms with Gasteiger partial charge in [0.15, 0.2) is 0 Å². The van der Waals surface area contributed by atoms with Crippen molar-refractivity contribution < 1.29 is 17.9 Å². The first kappa shape index (κ1) is 15.4. The maximum Gasteiger partial charge on any atom is 0.239 e. The van der Waals surface area contributed by atoms with Crippen molar-refractivity contribution in [2.75, 3.05) is 25.1 Å². The number of nitrogens with two attached hydrogens (primary N) is 1. The minimum Gasteiger partial charge on any atom is -0.372 e. The van der Waals surface area contributed by atoms with Gasteiger partial charge in [0.2, 0.25) is 5.91 Å². The van der Waals surface area contributed by atoms with E-state index in [-0.39, 0.29) is 30.3 Å². The van der Waals surface area contributed by atoms with Gasteiger partial charge in [0.05, 0.1) is 24.0 Å². The number of carbonyl (C=O) groups excluding carboxylic acids is 1. The fourth-order valence-corrected chi connectivity index (χ4v) is 2.74. The van der Waals surface area contributed by atoms with Crippen LogP contribution in [0.15, 0.2) is 0 Å². The van der Waals surface area contributed by atoms with Crippen LogP contribution in [0.25, 0.3) is 0 Å². The van der Waals surface area contributed by atoms with Crippen LogP contribution in [-0.2, 0) is 19.4 Å². The number of rotatable bonds is 4. The monoisotopic (exact) mass is 278 g/mol. The van der Waals surface area contributed by atoms with Gasteiger partial charge in [-0.1, -0.05) is 0 Å². The maximum absolute atomic E-state index is 12.1. The lowest BCUT2D eigenvalue weighted by atomic mass is 10.1. The Morgan fingerprint density at radius 1 is 1.39 bits per heavy atom. The molecule has 0 aliphatic carbocycles. The van der Waals surface area contributed by atoms with Crippen molar-refractivity contribution >= 4 is 15.7 Å². The smallest absolute Gasteiger partial charge is 0.239 e. The van der Waals surface area contributed by atoms with Crippen molar-refractivity contribution in [3.8, 4) is 0 Å². The Morgan fingerprint density at radius 2 is 1.89 bits per heavy atom. The summed E-state index contributed by atoms with van der Waals surface area (Å²) in [6, 6.07) is -0.753. The van der Waals surface area contributed by atoms with E-state index in [0.717, 1.165) is 6.26 Å². The zero-order chi connectivity index (χ0) is 13.9. The van der Waals surface area contributed by atoms with Crippen molar-refractivity contribution in [2.45, 2.75) is 38.5 Å². The van der Waals surface area contributed by atoms with Crippen molar-refractivity contribution in [2.24, 2.45) is 5.73 Å². The third-order valence-corrected chi connectivity index (χ3v) is 3.83. The lowest BCUT2D eigenvalue weighted by Gasteiger charge is -2.36.